The zero-order valence-electron chi connectivity index (χ0n) is 15.5. The second-order valence-electron chi connectivity index (χ2n) is 9.00. The van der Waals surface area contributed by atoms with Gasteiger partial charge in [0.25, 0.3) is 0 Å². The Morgan fingerprint density at radius 3 is 2.79 bits per heavy atom. The molecular formula is C19H35ClN2O2. The van der Waals surface area contributed by atoms with Crippen molar-refractivity contribution in [1.29, 1.82) is 0 Å². The molecule has 4 atom stereocenters. The van der Waals surface area contributed by atoms with Gasteiger partial charge < -0.3 is 15.4 Å². The van der Waals surface area contributed by atoms with Crippen LogP contribution >= 0.6 is 12.4 Å². The van der Waals surface area contributed by atoms with Gasteiger partial charge >= 0.3 is 0 Å². The van der Waals surface area contributed by atoms with Crippen LogP contribution in [0, 0.1) is 22.7 Å². The predicted octanol–water partition coefficient (Wildman–Crippen LogP) is 3.15. The highest BCUT2D eigenvalue weighted by molar-refractivity contribution is 5.85. The molecule has 1 aliphatic carbocycles. The third-order valence-corrected chi connectivity index (χ3v) is 6.31. The number of fused-ring (bicyclic) bond motifs is 1. The predicted molar refractivity (Wildman–Crippen MR) is 99.4 cm³/mol. The Hall–Kier alpha value is -0.320. The van der Waals surface area contributed by atoms with Crippen LogP contribution in [-0.4, -0.2) is 38.3 Å². The zero-order chi connectivity index (χ0) is 16.5. The molecular weight excluding hydrogens is 324 g/mol. The SMILES string of the molecule is CC(C)(C)C1OCCCC1CNC(=O)[C@@]12CCCC[C@H]1CNC2.Cl. The van der Waals surface area contributed by atoms with Gasteiger partial charge in [0.05, 0.1) is 11.5 Å². The van der Waals surface area contributed by atoms with Crippen LogP contribution in [0.5, 0.6) is 0 Å². The van der Waals surface area contributed by atoms with E-state index in [4.69, 9.17) is 4.74 Å². The van der Waals surface area contributed by atoms with Crippen molar-refractivity contribution in [3.05, 3.63) is 0 Å². The van der Waals surface area contributed by atoms with Crippen LogP contribution in [-0.2, 0) is 9.53 Å². The van der Waals surface area contributed by atoms with Crippen LogP contribution in [0.2, 0.25) is 0 Å². The lowest BCUT2D eigenvalue weighted by Gasteiger charge is -2.41. The van der Waals surface area contributed by atoms with Crippen LogP contribution in [0.4, 0.5) is 0 Å². The average molecular weight is 359 g/mol. The van der Waals surface area contributed by atoms with Crippen molar-refractivity contribution in [1.82, 2.24) is 10.6 Å². The molecule has 0 aromatic carbocycles. The molecule has 24 heavy (non-hydrogen) atoms. The molecule has 140 valence electrons. The third kappa shape index (κ3) is 3.91. The first-order valence-corrected chi connectivity index (χ1v) is 9.54. The first-order chi connectivity index (χ1) is 10.9. The van der Waals surface area contributed by atoms with E-state index in [0.717, 1.165) is 45.5 Å². The highest BCUT2D eigenvalue weighted by Gasteiger charge is 2.50. The van der Waals surface area contributed by atoms with Crippen LogP contribution < -0.4 is 10.6 Å². The highest BCUT2D eigenvalue weighted by atomic mass is 35.5. The molecule has 0 aromatic heterocycles. The van der Waals surface area contributed by atoms with E-state index in [1.165, 1.54) is 19.3 Å². The molecule has 3 rings (SSSR count). The third-order valence-electron chi connectivity index (χ3n) is 6.31. The van der Waals surface area contributed by atoms with Gasteiger partial charge in [-0.1, -0.05) is 33.6 Å². The standard InChI is InChI=1S/C19H34N2O2.ClH/c1-18(2,3)16-14(7-6-10-23-16)11-21-17(22)19-9-5-4-8-15(19)12-20-13-19;/h14-16,20H,4-13H2,1-3H3,(H,21,22);1H/t14?,15-,16?,19+;/m0./s1. The average Bonchev–Trinajstić information content (AvgIpc) is 2.97. The van der Waals surface area contributed by atoms with Gasteiger partial charge in [-0.3, -0.25) is 4.79 Å². The van der Waals surface area contributed by atoms with Crippen LogP contribution in [0.25, 0.3) is 0 Å². The fraction of sp³-hybridized carbons (Fsp3) is 0.947. The van der Waals surface area contributed by atoms with Gasteiger partial charge in [0.15, 0.2) is 0 Å². The van der Waals surface area contributed by atoms with E-state index >= 15 is 0 Å². The smallest absolute Gasteiger partial charge is 0.227 e. The van der Waals surface area contributed by atoms with E-state index in [1.54, 1.807) is 0 Å². The summed E-state index contributed by atoms with van der Waals surface area (Å²) in [5.74, 6) is 1.28. The quantitative estimate of drug-likeness (QED) is 0.814. The maximum absolute atomic E-state index is 13.0. The number of carbonyl (C=O) groups excluding carboxylic acids is 1. The van der Waals surface area contributed by atoms with Crippen molar-refractivity contribution in [3.8, 4) is 0 Å². The van der Waals surface area contributed by atoms with Gasteiger partial charge in [-0.05, 0) is 43.6 Å². The first-order valence-electron chi connectivity index (χ1n) is 9.54. The molecule has 2 unspecified atom stereocenters. The summed E-state index contributed by atoms with van der Waals surface area (Å²) in [6.45, 7) is 10.3. The minimum atomic E-state index is -0.134. The fourth-order valence-electron chi connectivity index (χ4n) is 5.10. The molecule has 0 bridgehead atoms. The zero-order valence-corrected chi connectivity index (χ0v) is 16.3. The summed E-state index contributed by atoms with van der Waals surface area (Å²) in [6.07, 6.45) is 7.27. The van der Waals surface area contributed by atoms with Crippen molar-refractivity contribution < 1.29 is 9.53 Å². The van der Waals surface area contributed by atoms with Crippen molar-refractivity contribution >= 4 is 18.3 Å². The van der Waals surface area contributed by atoms with Crippen molar-refractivity contribution in [2.45, 2.75) is 65.4 Å². The van der Waals surface area contributed by atoms with Gasteiger partial charge in [0, 0.05) is 25.6 Å². The Labute approximate surface area is 153 Å². The number of carbonyl (C=O) groups is 1. The summed E-state index contributed by atoms with van der Waals surface area (Å²) < 4.78 is 6.05. The number of hydrogen-bond donors (Lipinski definition) is 2. The molecule has 2 saturated heterocycles. The largest absolute Gasteiger partial charge is 0.377 e. The van der Waals surface area contributed by atoms with E-state index in [2.05, 4.69) is 31.4 Å². The molecule has 3 fully saturated rings. The van der Waals surface area contributed by atoms with Crippen LogP contribution in [0.1, 0.15) is 59.3 Å². The molecule has 5 heteroatoms. The normalized spacial score (nSPS) is 36.5. The summed E-state index contributed by atoms with van der Waals surface area (Å²) in [6, 6.07) is 0. The number of rotatable bonds is 3. The number of amides is 1. The Morgan fingerprint density at radius 1 is 1.25 bits per heavy atom. The molecule has 1 amide bonds. The monoisotopic (exact) mass is 358 g/mol. The van der Waals surface area contributed by atoms with Crippen molar-refractivity contribution in [2.24, 2.45) is 22.7 Å². The van der Waals surface area contributed by atoms with Gasteiger partial charge in [-0.2, -0.15) is 0 Å². The maximum atomic E-state index is 13.0. The van der Waals surface area contributed by atoms with E-state index in [-0.39, 0.29) is 29.3 Å². The highest BCUT2D eigenvalue weighted by Crippen LogP contribution is 2.44. The van der Waals surface area contributed by atoms with Gasteiger partial charge in [-0.25, -0.2) is 0 Å². The Kier molecular flexibility index (Phi) is 6.60. The molecule has 1 saturated carbocycles. The molecule has 2 heterocycles. The summed E-state index contributed by atoms with van der Waals surface area (Å²) in [5.41, 5.74) is 0.00138. The van der Waals surface area contributed by atoms with E-state index in [0.29, 0.717) is 17.7 Å². The summed E-state index contributed by atoms with van der Waals surface area (Å²) in [5, 5.41) is 6.80. The van der Waals surface area contributed by atoms with Crippen LogP contribution in [0.3, 0.4) is 0 Å². The Morgan fingerprint density at radius 2 is 2.04 bits per heavy atom. The fourth-order valence-corrected chi connectivity index (χ4v) is 5.10. The number of hydrogen-bond acceptors (Lipinski definition) is 3. The lowest BCUT2D eigenvalue weighted by atomic mass is 9.67. The Balaban J connectivity index is 0.00000208. The summed E-state index contributed by atoms with van der Waals surface area (Å²) in [7, 11) is 0. The lowest BCUT2D eigenvalue weighted by Crippen LogP contribution is -2.51. The molecule has 2 N–H and O–H groups in total. The van der Waals surface area contributed by atoms with E-state index in [9.17, 15) is 4.79 Å². The second kappa shape index (κ2) is 7.92. The number of nitrogens with one attached hydrogen (secondary N) is 2. The van der Waals surface area contributed by atoms with Gasteiger partial charge in [-0.15, -0.1) is 12.4 Å². The van der Waals surface area contributed by atoms with Gasteiger partial charge in [0.1, 0.15) is 0 Å². The first kappa shape index (κ1) is 20.0. The van der Waals surface area contributed by atoms with Gasteiger partial charge in [0.2, 0.25) is 5.91 Å². The number of ether oxygens (including phenoxy) is 1. The Bertz CT molecular complexity index is 438. The minimum absolute atomic E-state index is 0. The summed E-state index contributed by atoms with van der Waals surface area (Å²) in [4.78, 5) is 13.0. The number of halogens is 1. The minimum Gasteiger partial charge on any atom is -0.377 e. The second-order valence-corrected chi connectivity index (χ2v) is 9.00. The van der Waals surface area contributed by atoms with E-state index < -0.39 is 0 Å². The molecule has 4 nitrogen and oxygen atoms in total. The molecule has 0 aromatic rings. The van der Waals surface area contributed by atoms with E-state index in [1.807, 2.05) is 0 Å². The molecule has 0 radical (unpaired) electrons. The molecule has 3 aliphatic rings. The summed E-state index contributed by atoms with van der Waals surface area (Å²) >= 11 is 0. The maximum Gasteiger partial charge on any atom is 0.227 e. The molecule has 0 spiro atoms. The van der Waals surface area contributed by atoms with Crippen LogP contribution in [0.15, 0.2) is 0 Å². The molecule has 2 aliphatic heterocycles. The lowest BCUT2D eigenvalue weighted by molar-refractivity contribution is -0.135. The topological polar surface area (TPSA) is 50.4 Å². The van der Waals surface area contributed by atoms with Crippen molar-refractivity contribution in [3.63, 3.8) is 0 Å². The van der Waals surface area contributed by atoms with Crippen molar-refractivity contribution in [2.75, 3.05) is 26.2 Å².